The molecule has 152 valence electrons. The molecule has 9 heteroatoms. The van der Waals surface area contributed by atoms with Crippen LogP contribution in [0.5, 0.6) is 0 Å². The average molecular weight is 408 g/mol. The van der Waals surface area contributed by atoms with Crippen molar-refractivity contribution in [2.75, 3.05) is 20.2 Å². The van der Waals surface area contributed by atoms with Crippen molar-refractivity contribution in [1.82, 2.24) is 9.21 Å². The Morgan fingerprint density at radius 2 is 1.96 bits per heavy atom. The van der Waals surface area contributed by atoms with E-state index in [1.807, 2.05) is 0 Å². The molecule has 0 radical (unpaired) electrons. The summed E-state index contributed by atoms with van der Waals surface area (Å²) in [5, 5.41) is 0. The highest BCUT2D eigenvalue weighted by atomic mass is 32.2. The number of esters is 1. The van der Waals surface area contributed by atoms with Crippen molar-refractivity contribution in [3.63, 3.8) is 0 Å². The number of nitrogens with zero attached hydrogens (tertiary/aromatic N) is 2. The monoisotopic (exact) mass is 408 g/mol. The Bertz CT molecular complexity index is 854. The molecule has 0 bridgehead atoms. The Morgan fingerprint density at radius 1 is 1.25 bits per heavy atom. The minimum Gasteiger partial charge on any atom is -0.466 e. The molecule has 0 N–H and O–H groups in total. The molecule has 1 saturated heterocycles. The molecule has 2 aliphatic rings. The van der Waals surface area contributed by atoms with Gasteiger partial charge in [0.25, 0.3) is 15.9 Å². The van der Waals surface area contributed by atoms with Crippen molar-refractivity contribution < 1.29 is 27.5 Å². The highest BCUT2D eigenvalue weighted by Crippen LogP contribution is 2.30. The highest BCUT2D eigenvalue weighted by Gasteiger charge is 2.40. The van der Waals surface area contributed by atoms with E-state index in [1.165, 1.54) is 24.4 Å². The van der Waals surface area contributed by atoms with Crippen LogP contribution in [-0.2, 0) is 29.1 Å². The van der Waals surface area contributed by atoms with Gasteiger partial charge in [-0.2, -0.15) is 0 Å². The van der Waals surface area contributed by atoms with Crippen LogP contribution in [0.2, 0.25) is 0 Å². The number of ether oxygens (including phenoxy) is 2. The second-order valence-electron chi connectivity index (χ2n) is 6.71. The van der Waals surface area contributed by atoms with Gasteiger partial charge in [0.15, 0.2) is 0 Å². The van der Waals surface area contributed by atoms with Crippen molar-refractivity contribution in [2.45, 2.75) is 37.0 Å². The fourth-order valence-corrected chi connectivity index (χ4v) is 4.70. The summed E-state index contributed by atoms with van der Waals surface area (Å²) in [4.78, 5) is 26.1. The third-order valence-corrected chi connectivity index (χ3v) is 6.59. The minimum absolute atomic E-state index is 0.0783. The van der Waals surface area contributed by atoms with Crippen LogP contribution in [0.25, 0.3) is 0 Å². The van der Waals surface area contributed by atoms with Crippen LogP contribution in [0, 0.1) is 5.92 Å². The summed E-state index contributed by atoms with van der Waals surface area (Å²) in [6, 6.07) is 7.97. The summed E-state index contributed by atoms with van der Waals surface area (Å²) in [5.74, 6) is -1.28. The summed E-state index contributed by atoms with van der Waals surface area (Å²) in [6.07, 6.45) is 1.67. The lowest BCUT2D eigenvalue weighted by molar-refractivity contribution is -0.152. The number of carbonyl (C=O) groups is 2. The molecule has 0 unspecified atom stereocenters. The third-order valence-electron chi connectivity index (χ3n) is 4.81. The molecule has 0 spiro atoms. The van der Waals surface area contributed by atoms with Gasteiger partial charge in [-0.25, -0.2) is 12.7 Å². The molecular weight excluding hydrogens is 384 g/mol. The van der Waals surface area contributed by atoms with Crippen LogP contribution in [0.15, 0.2) is 47.5 Å². The Labute approximate surface area is 164 Å². The van der Waals surface area contributed by atoms with Crippen LogP contribution < -0.4 is 0 Å². The van der Waals surface area contributed by atoms with E-state index in [2.05, 4.69) is 0 Å². The number of amides is 1. The number of hydrogen-bond donors (Lipinski definition) is 0. The number of benzene rings is 1. The van der Waals surface area contributed by atoms with Gasteiger partial charge in [-0.05, 0) is 19.1 Å². The average Bonchev–Trinajstić information content (AvgIpc) is 3.01. The summed E-state index contributed by atoms with van der Waals surface area (Å²) in [7, 11) is -2.23. The fourth-order valence-electron chi connectivity index (χ4n) is 3.28. The SMILES string of the molecule is CCOC(=O)[C@H]1C=CN(S(=O)(=O)c2ccccc2)[C@@H](O[C@H]2CCN(C)C2=O)C1. The van der Waals surface area contributed by atoms with Gasteiger partial charge >= 0.3 is 5.97 Å². The van der Waals surface area contributed by atoms with Gasteiger partial charge in [-0.3, -0.25) is 9.59 Å². The molecule has 1 aromatic carbocycles. The van der Waals surface area contributed by atoms with Gasteiger partial charge in [0.1, 0.15) is 12.3 Å². The van der Waals surface area contributed by atoms with Gasteiger partial charge in [0, 0.05) is 32.6 Å². The number of likely N-dealkylation sites (N-methyl/N-ethyl adjacent to an activating group) is 1. The second-order valence-corrected chi connectivity index (χ2v) is 8.55. The first-order valence-electron chi connectivity index (χ1n) is 9.18. The summed E-state index contributed by atoms with van der Waals surface area (Å²) in [5.41, 5.74) is 0. The summed E-state index contributed by atoms with van der Waals surface area (Å²) >= 11 is 0. The first-order valence-corrected chi connectivity index (χ1v) is 10.6. The molecule has 0 aliphatic carbocycles. The lowest BCUT2D eigenvalue weighted by atomic mass is 10.0. The summed E-state index contributed by atoms with van der Waals surface area (Å²) in [6.45, 7) is 2.48. The minimum atomic E-state index is -3.90. The zero-order chi connectivity index (χ0) is 20.3. The van der Waals surface area contributed by atoms with Crippen molar-refractivity contribution >= 4 is 21.9 Å². The van der Waals surface area contributed by atoms with Gasteiger partial charge in [0.05, 0.1) is 17.4 Å². The van der Waals surface area contributed by atoms with Crippen LogP contribution in [0.3, 0.4) is 0 Å². The van der Waals surface area contributed by atoms with E-state index in [0.29, 0.717) is 13.0 Å². The largest absolute Gasteiger partial charge is 0.466 e. The van der Waals surface area contributed by atoms with Crippen LogP contribution in [0.4, 0.5) is 0 Å². The molecule has 1 aromatic rings. The normalized spacial score (nSPS) is 25.2. The Kier molecular flexibility index (Phi) is 6.04. The Hall–Kier alpha value is -2.39. The van der Waals surface area contributed by atoms with Crippen LogP contribution in [-0.4, -0.2) is 62.0 Å². The first kappa shape index (κ1) is 20.3. The molecule has 1 amide bonds. The molecule has 8 nitrogen and oxygen atoms in total. The molecule has 2 heterocycles. The predicted octanol–water partition coefficient (Wildman–Crippen LogP) is 1.35. The maximum absolute atomic E-state index is 13.1. The standard InChI is InChI=1S/C19H24N2O6S/c1-3-26-19(23)14-9-12-21(28(24,25)15-7-5-4-6-8-15)17(13-14)27-16-10-11-20(2)18(16)22/h4-9,12,14,16-17H,3,10-11,13H2,1-2H3/t14-,16-,17-/m0/s1. The zero-order valence-electron chi connectivity index (χ0n) is 15.9. The zero-order valence-corrected chi connectivity index (χ0v) is 16.7. The highest BCUT2D eigenvalue weighted by molar-refractivity contribution is 7.89. The van der Waals surface area contributed by atoms with Crippen LogP contribution in [0.1, 0.15) is 19.8 Å². The van der Waals surface area contributed by atoms with E-state index in [-0.39, 0.29) is 23.8 Å². The second kappa shape index (κ2) is 8.32. The molecule has 3 atom stereocenters. The Morgan fingerprint density at radius 3 is 2.57 bits per heavy atom. The van der Waals surface area contributed by atoms with Gasteiger partial charge in [-0.1, -0.05) is 24.3 Å². The van der Waals surface area contributed by atoms with E-state index in [0.717, 1.165) is 4.31 Å². The van der Waals surface area contributed by atoms with E-state index in [9.17, 15) is 18.0 Å². The number of sulfonamides is 1. The fraction of sp³-hybridized carbons (Fsp3) is 0.474. The number of carbonyl (C=O) groups excluding carboxylic acids is 2. The maximum atomic E-state index is 13.1. The lowest BCUT2D eigenvalue weighted by Crippen LogP contribution is -2.45. The molecule has 28 heavy (non-hydrogen) atoms. The summed E-state index contributed by atoms with van der Waals surface area (Å²) < 4.78 is 38.3. The number of likely N-dealkylation sites (tertiary alicyclic amines) is 1. The molecule has 2 aliphatic heterocycles. The molecule has 1 fully saturated rings. The van der Waals surface area contributed by atoms with Gasteiger partial charge < -0.3 is 14.4 Å². The smallest absolute Gasteiger partial charge is 0.313 e. The van der Waals surface area contributed by atoms with Crippen molar-refractivity contribution in [3.05, 3.63) is 42.6 Å². The molecule has 0 aromatic heterocycles. The van der Waals surface area contributed by atoms with E-state index in [1.54, 1.807) is 37.1 Å². The van der Waals surface area contributed by atoms with Crippen LogP contribution >= 0.6 is 0 Å². The number of hydrogen-bond acceptors (Lipinski definition) is 6. The topological polar surface area (TPSA) is 93.2 Å². The lowest BCUT2D eigenvalue weighted by Gasteiger charge is -2.35. The predicted molar refractivity (Wildman–Crippen MR) is 100 cm³/mol. The van der Waals surface area contributed by atoms with E-state index >= 15 is 0 Å². The van der Waals surface area contributed by atoms with Crippen molar-refractivity contribution in [3.8, 4) is 0 Å². The maximum Gasteiger partial charge on any atom is 0.313 e. The molecular formula is C19H24N2O6S. The first-order chi connectivity index (χ1) is 13.3. The van der Waals surface area contributed by atoms with Gasteiger partial charge in [0.2, 0.25) is 0 Å². The quantitative estimate of drug-likeness (QED) is 0.660. The van der Waals surface area contributed by atoms with E-state index in [4.69, 9.17) is 9.47 Å². The number of rotatable bonds is 6. The van der Waals surface area contributed by atoms with Gasteiger partial charge in [-0.15, -0.1) is 0 Å². The molecule has 3 rings (SSSR count). The van der Waals surface area contributed by atoms with E-state index < -0.39 is 34.2 Å². The van der Waals surface area contributed by atoms with Crippen molar-refractivity contribution in [2.24, 2.45) is 5.92 Å². The Balaban J connectivity index is 1.90. The van der Waals surface area contributed by atoms with Crippen molar-refractivity contribution in [1.29, 1.82) is 0 Å². The molecule has 0 saturated carbocycles. The third kappa shape index (κ3) is 4.05.